The molecule has 1 aliphatic rings. The quantitative estimate of drug-likeness (QED) is 0.795. The SMILES string of the molecule is O=C(O)Cc1ccc(N2CC(O)CC2=O)cc1. The number of β-amino-alcohol motifs (C(OH)–C–C–N with tert-alkyl or cyclic N) is 1. The van der Waals surface area contributed by atoms with E-state index in [9.17, 15) is 14.7 Å². The van der Waals surface area contributed by atoms with Crippen LogP contribution in [0.1, 0.15) is 12.0 Å². The second kappa shape index (κ2) is 4.55. The van der Waals surface area contributed by atoms with Gasteiger partial charge < -0.3 is 15.1 Å². The van der Waals surface area contributed by atoms with E-state index in [1.807, 2.05) is 0 Å². The van der Waals surface area contributed by atoms with Crippen molar-refractivity contribution in [2.75, 3.05) is 11.4 Å². The van der Waals surface area contributed by atoms with Crippen molar-refractivity contribution in [3.63, 3.8) is 0 Å². The number of hydrogen-bond acceptors (Lipinski definition) is 3. The Balaban J connectivity index is 2.12. The van der Waals surface area contributed by atoms with Crippen LogP contribution in [0, 0.1) is 0 Å². The van der Waals surface area contributed by atoms with Crippen molar-refractivity contribution in [1.29, 1.82) is 0 Å². The van der Waals surface area contributed by atoms with E-state index in [4.69, 9.17) is 5.11 Å². The monoisotopic (exact) mass is 235 g/mol. The lowest BCUT2D eigenvalue weighted by atomic mass is 10.1. The summed E-state index contributed by atoms with van der Waals surface area (Å²) in [6.45, 7) is 0.303. The normalized spacial score (nSPS) is 19.7. The number of amides is 1. The molecule has 5 heteroatoms. The third kappa shape index (κ3) is 2.62. The van der Waals surface area contributed by atoms with Crippen LogP contribution in [-0.2, 0) is 16.0 Å². The Morgan fingerprint density at radius 1 is 1.35 bits per heavy atom. The van der Waals surface area contributed by atoms with Gasteiger partial charge in [-0.25, -0.2) is 0 Å². The zero-order valence-corrected chi connectivity index (χ0v) is 9.17. The second-order valence-electron chi connectivity index (χ2n) is 4.10. The number of rotatable bonds is 3. The van der Waals surface area contributed by atoms with Crippen molar-refractivity contribution in [3.05, 3.63) is 29.8 Å². The van der Waals surface area contributed by atoms with Crippen molar-refractivity contribution in [3.8, 4) is 0 Å². The first-order chi connectivity index (χ1) is 8.06. The summed E-state index contributed by atoms with van der Waals surface area (Å²) in [6, 6.07) is 6.77. The van der Waals surface area contributed by atoms with Gasteiger partial charge in [0.25, 0.3) is 0 Å². The number of nitrogens with zero attached hydrogens (tertiary/aromatic N) is 1. The molecule has 1 unspecified atom stereocenters. The highest BCUT2D eigenvalue weighted by molar-refractivity contribution is 5.96. The minimum atomic E-state index is -0.884. The molecule has 1 aromatic rings. The largest absolute Gasteiger partial charge is 0.481 e. The van der Waals surface area contributed by atoms with Crippen LogP contribution >= 0.6 is 0 Å². The Bertz CT molecular complexity index is 440. The Hall–Kier alpha value is -1.88. The molecule has 1 saturated heterocycles. The molecule has 0 saturated carbocycles. The van der Waals surface area contributed by atoms with Gasteiger partial charge in [-0.1, -0.05) is 12.1 Å². The van der Waals surface area contributed by atoms with Crippen LogP contribution in [0.4, 0.5) is 5.69 Å². The molecular formula is C12H13NO4. The van der Waals surface area contributed by atoms with Crippen LogP contribution in [0.2, 0.25) is 0 Å². The fourth-order valence-electron chi connectivity index (χ4n) is 1.91. The van der Waals surface area contributed by atoms with Gasteiger partial charge in [0, 0.05) is 5.69 Å². The molecule has 0 radical (unpaired) electrons. The third-order valence-corrected chi connectivity index (χ3v) is 2.71. The van der Waals surface area contributed by atoms with Gasteiger partial charge in [-0.05, 0) is 17.7 Å². The first kappa shape index (κ1) is 11.6. The number of aliphatic hydroxyl groups excluding tert-OH is 1. The van der Waals surface area contributed by atoms with Gasteiger partial charge in [0.05, 0.1) is 25.5 Å². The summed E-state index contributed by atoms with van der Waals surface area (Å²) >= 11 is 0. The average Bonchev–Trinajstić information content (AvgIpc) is 2.58. The maximum absolute atomic E-state index is 11.5. The topological polar surface area (TPSA) is 77.8 Å². The van der Waals surface area contributed by atoms with Gasteiger partial charge in [-0.3, -0.25) is 9.59 Å². The van der Waals surface area contributed by atoms with Crippen molar-refractivity contribution in [2.24, 2.45) is 0 Å². The smallest absolute Gasteiger partial charge is 0.307 e. The molecule has 1 amide bonds. The van der Waals surface area contributed by atoms with Crippen LogP contribution < -0.4 is 4.90 Å². The third-order valence-electron chi connectivity index (χ3n) is 2.71. The van der Waals surface area contributed by atoms with Crippen molar-refractivity contribution < 1.29 is 19.8 Å². The summed E-state index contributed by atoms with van der Waals surface area (Å²) in [4.78, 5) is 23.5. The first-order valence-corrected chi connectivity index (χ1v) is 5.35. The van der Waals surface area contributed by atoms with Gasteiger partial charge in [0.2, 0.25) is 5.91 Å². The van der Waals surface area contributed by atoms with E-state index in [-0.39, 0.29) is 18.7 Å². The van der Waals surface area contributed by atoms with Gasteiger partial charge >= 0.3 is 5.97 Å². The van der Waals surface area contributed by atoms with Gasteiger partial charge in [0.1, 0.15) is 0 Å². The van der Waals surface area contributed by atoms with Crippen molar-refractivity contribution >= 4 is 17.6 Å². The maximum Gasteiger partial charge on any atom is 0.307 e. The second-order valence-corrected chi connectivity index (χ2v) is 4.10. The fraction of sp³-hybridized carbons (Fsp3) is 0.333. The number of anilines is 1. The molecule has 1 aromatic carbocycles. The number of carbonyl (C=O) groups excluding carboxylic acids is 1. The number of carboxylic acid groups (broad SMARTS) is 1. The molecule has 2 rings (SSSR count). The molecule has 5 nitrogen and oxygen atoms in total. The molecule has 1 heterocycles. The van der Waals surface area contributed by atoms with E-state index in [1.54, 1.807) is 24.3 Å². The van der Waals surface area contributed by atoms with E-state index in [0.717, 1.165) is 0 Å². The molecular weight excluding hydrogens is 222 g/mol. The highest BCUT2D eigenvalue weighted by atomic mass is 16.4. The van der Waals surface area contributed by atoms with E-state index in [1.165, 1.54) is 4.90 Å². The molecule has 0 aromatic heterocycles. The maximum atomic E-state index is 11.5. The number of benzene rings is 1. The molecule has 1 aliphatic heterocycles. The minimum Gasteiger partial charge on any atom is -0.481 e. The Morgan fingerprint density at radius 3 is 2.47 bits per heavy atom. The summed E-state index contributed by atoms with van der Waals surface area (Å²) in [5, 5.41) is 18.0. The fourth-order valence-corrected chi connectivity index (χ4v) is 1.91. The number of aliphatic carboxylic acids is 1. The Kier molecular flexibility index (Phi) is 3.10. The predicted molar refractivity (Wildman–Crippen MR) is 60.8 cm³/mol. The van der Waals surface area contributed by atoms with E-state index in [0.29, 0.717) is 17.8 Å². The number of aliphatic hydroxyl groups is 1. The van der Waals surface area contributed by atoms with Crippen LogP contribution in [0.3, 0.4) is 0 Å². The van der Waals surface area contributed by atoms with Gasteiger partial charge in [0.15, 0.2) is 0 Å². The summed E-state index contributed by atoms with van der Waals surface area (Å²) < 4.78 is 0. The van der Waals surface area contributed by atoms with E-state index < -0.39 is 12.1 Å². The molecule has 17 heavy (non-hydrogen) atoms. The zero-order valence-electron chi connectivity index (χ0n) is 9.17. The van der Waals surface area contributed by atoms with Crippen LogP contribution in [0.5, 0.6) is 0 Å². The molecule has 2 N–H and O–H groups in total. The minimum absolute atomic E-state index is 0.0309. The lowest BCUT2D eigenvalue weighted by Crippen LogP contribution is -2.25. The van der Waals surface area contributed by atoms with Gasteiger partial charge in [-0.15, -0.1) is 0 Å². The summed E-state index contributed by atoms with van der Waals surface area (Å²) in [5.41, 5.74) is 1.38. The van der Waals surface area contributed by atoms with E-state index >= 15 is 0 Å². The summed E-state index contributed by atoms with van der Waals surface area (Å²) in [7, 11) is 0. The highest BCUT2D eigenvalue weighted by Gasteiger charge is 2.28. The Morgan fingerprint density at radius 2 is 2.00 bits per heavy atom. The molecule has 0 bridgehead atoms. The molecule has 0 spiro atoms. The highest BCUT2D eigenvalue weighted by Crippen LogP contribution is 2.22. The Labute approximate surface area is 98.3 Å². The lowest BCUT2D eigenvalue weighted by molar-refractivity contribution is -0.136. The number of carbonyl (C=O) groups is 2. The lowest BCUT2D eigenvalue weighted by Gasteiger charge is -2.15. The van der Waals surface area contributed by atoms with Crippen LogP contribution in [0.15, 0.2) is 24.3 Å². The van der Waals surface area contributed by atoms with Crippen LogP contribution in [-0.4, -0.2) is 34.7 Å². The van der Waals surface area contributed by atoms with E-state index in [2.05, 4.69) is 0 Å². The predicted octanol–water partition coefficient (Wildman–Crippen LogP) is 0.411. The van der Waals surface area contributed by atoms with Crippen molar-refractivity contribution in [1.82, 2.24) is 0 Å². The molecule has 1 fully saturated rings. The number of hydrogen-bond donors (Lipinski definition) is 2. The summed E-state index contributed by atoms with van der Waals surface area (Å²) in [5.74, 6) is -0.992. The summed E-state index contributed by atoms with van der Waals surface area (Å²) in [6.07, 6.45) is -0.491. The molecule has 0 aliphatic carbocycles. The standard InChI is InChI=1S/C12H13NO4/c14-10-6-11(15)13(7-10)9-3-1-8(2-4-9)5-12(16)17/h1-4,10,14H,5-7H2,(H,16,17). The number of carboxylic acids is 1. The molecule has 90 valence electrons. The zero-order chi connectivity index (χ0) is 12.4. The first-order valence-electron chi connectivity index (χ1n) is 5.35. The average molecular weight is 235 g/mol. The molecule has 1 atom stereocenters. The van der Waals surface area contributed by atoms with Crippen LogP contribution in [0.25, 0.3) is 0 Å². The van der Waals surface area contributed by atoms with Crippen molar-refractivity contribution in [2.45, 2.75) is 18.9 Å². The van der Waals surface area contributed by atoms with Gasteiger partial charge in [-0.2, -0.15) is 0 Å².